The highest BCUT2D eigenvalue weighted by atomic mass is 16.5. The van der Waals surface area contributed by atoms with Gasteiger partial charge in [0, 0.05) is 0 Å². The van der Waals surface area contributed by atoms with E-state index in [0.717, 1.165) is 37.2 Å². The normalized spacial score (nSPS) is 11.5. The van der Waals surface area contributed by atoms with Gasteiger partial charge in [-0.1, -0.05) is 39.2 Å². The lowest BCUT2D eigenvalue weighted by molar-refractivity contribution is 0.0734. The highest BCUT2D eigenvalue weighted by Gasteiger charge is 2.09. The SMILES string of the molecule is C=CCCCCCCOc1ccc(OC(=O)c2ccc(OC[C@@H](C)CC)cc2)cc1. The molecule has 0 saturated carbocycles. The van der Waals surface area contributed by atoms with Gasteiger partial charge < -0.3 is 14.2 Å². The van der Waals surface area contributed by atoms with Crippen LogP contribution in [-0.2, 0) is 0 Å². The average molecular weight is 411 g/mol. The largest absolute Gasteiger partial charge is 0.494 e. The van der Waals surface area contributed by atoms with Crippen molar-refractivity contribution in [2.24, 2.45) is 5.92 Å². The molecular weight excluding hydrogens is 376 g/mol. The molecule has 2 aromatic rings. The van der Waals surface area contributed by atoms with Crippen LogP contribution in [0.3, 0.4) is 0 Å². The number of hydrogen-bond donors (Lipinski definition) is 0. The van der Waals surface area contributed by atoms with E-state index < -0.39 is 5.97 Å². The summed E-state index contributed by atoms with van der Waals surface area (Å²) in [4.78, 5) is 12.3. The fraction of sp³-hybridized carbons (Fsp3) is 0.423. The van der Waals surface area contributed by atoms with Crippen molar-refractivity contribution < 1.29 is 19.0 Å². The number of rotatable bonds is 14. The van der Waals surface area contributed by atoms with Gasteiger partial charge in [-0.05, 0) is 73.7 Å². The molecule has 0 aromatic heterocycles. The Hall–Kier alpha value is -2.75. The Morgan fingerprint density at radius 3 is 2.17 bits per heavy atom. The molecule has 0 heterocycles. The van der Waals surface area contributed by atoms with Crippen molar-refractivity contribution in [3.8, 4) is 17.2 Å². The zero-order chi connectivity index (χ0) is 21.6. The highest BCUT2D eigenvalue weighted by Crippen LogP contribution is 2.20. The second-order valence-electron chi connectivity index (χ2n) is 7.55. The van der Waals surface area contributed by atoms with Crippen LogP contribution >= 0.6 is 0 Å². The monoisotopic (exact) mass is 410 g/mol. The van der Waals surface area contributed by atoms with Crippen LogP contribution in [0.25, 0.3) is 0 Å². The zero-order valence-electron chi connectivity index (χ0n) is 18.3. The van der Waals surface area contributed by atoms with Gasteiger partial charge in [-0.25, -0.2) is 4.79 Å². The molecule has 1 atom stereocenters. The Labute approximate surface area is 180 Å². The minimum atomic E-state index is -0.392. The molecule has 0 N–H and O–H groups in total. The number of carbonyl (C=O) groups is 1. The summed E-state index contributed by atoms with van der Waals surface area (Å²) in [5.41, 5.74) is 0.489. The van der Waals surface area contributed by atoms with Gasteiger partial charge in [0.25, 0.3) is 0 Å². The molecule has 0 fully saturated rings. The molecule has 2 rings (SSSR count). The second-order valence-corrected chi connectivity index (χ2v) is 7.55. The first-order chi connectivity index (χ1) is 14.6. The lowest BCUT2D eigenvalue weighted by atomic mass is 10.1. The summed E-state index contributed by atoms with van der Waals surface area (Å²) in [6.45, 7) is 9.38. The minimum Gasteiger partial charge on any atom is -0.494 e. The number of esters is 1. The van der Waals surface area contributed by atoms with Gasteiger partial charge in [0.2, 0.25) is 0 Å². The molecule has 0 aliphatic heterocycles. The predicted molar refractivity (Wildman–Crippen MR) is 122 cm³/mol. The van der Waals surface area contributed by atoms with Crippen LogP contribution in [0.5, 0.6) is 17.2 Å². The van der Waals surface area contributed by atoms with E-state index in [1.165, 1.54) is 12.8 Å². The fourth-order valence-corrected chi connectivity index (χ4v) is 2.75. The van der Waals surface area contributed by atoms with Crippen molar-refractivity contribution in [2.45, 2.75) is 52.4 Å². The predicted octanol–water partition coefficient (Wildman–Crippen LogP) is 6.85. The highest BCUT2D eigenvalue weighted by molar-refractivity contribution is 5.91. The third-order valence-corrected chi connectivity index (χ3v) is 4.93. The van der Waals surface area contributed by atoms with Crippen LogP contribution in [0.4, 0.5) is 0 Å². The van der Waals surface area contributed by atoms with Gasteiger partial charge >= 0.3 is 5.97 Å². The molecule has 0 aliphatic rings. The third-order valence-electron chi connectivity index (χ3n) is 4.93. The maximum absolute atomic E-state index is 12.3. The second kappa shape index (κ2) is 13.5. The standard InChI is InChI=1S/C26H34O4/c1-4-6-7-8-9-10-19-28-23-15-17-25(18-16-23)30-26(27)22-11-13-24(14-12-22)29-20-21(3)5-2/h4,11-18,21H,1,5-10,19-20H2,2-3H3/t21-/m0/s1. The van der Waals surface area contributed by atoms with E-state index in [4.69, 9.17) is 14.2 Å². The van der Waals surface area contributed by atoms with Crippen molar-refractivity contribution in [1.29, 1.82) is 0 Å². The first-order valence-electron chi connectivity index (χ1n) is 10.9. The molecular formula is C26H34O4. The molecule has 0 bridgehead atoms. The van der Waals surface area contributed by atoms with E-state index in [-0.39, 0.29) is 0 Å². The summed E-state index contributed by atoms with van der Waals surface area (Å²) in [6.07, 6.45) is 8.70. The Kier molecular flexibility index (Phi) is 10.6. The molecule has 4 heteroatoms. The smallest absolute Gasteiger partial charge is 0.343 e. The van der Waals surface area contributed by atoms with Crippen molar-refractivity contribution in [2.75, 3.05) is 13.2 Å². The van der Waals surface area contributed by atoms with Gasteiger partial charge in [-0.15, -0.1) is 6.58 Å². The van der Waals surface area contributed by atoms with Crippen LogP contribution in [0.2, 0.25) is 0 Å². The van der Waals surface area contributed by atoms with E-state index in [9.17, 15) is 4.79 Å². The first kappa shape index (κ1) is 23.5. The Morgan fingerprint density at radius 1 is 0.900 bits per heavy atom. The van der Waals surface area contributed by atoms with E-state index >= 15 is 0 Å². The lowest BCUT2D eigenvalue weighted by Gasteiger charge is -2.11. The summed E-state index contributed by atoms with van der Waals surface area (Å²) in [5, 5.41) is 0. The fourth-order valence-electron chi connectivity index (χ4n) is 2.75. The molecule has 0 spiro atoms. The molecule has 30 heavy (non-hydrogen) atoms. The summed E-state index contributed by atoms with van der Waals surface area (Å²) in [5.74, 6) is 2.15. The number of unbranched alkanes of at least 4 members (excludes halogenated alkanes) is 4. The molecule has 0 amide bonds. The summed E-state index contributed by atoms with van der Waals surface area (Å²) < 4.78 is 16.9. The van der Waals surface area contributed by atoms with E-state index in [0.29, 0.717) is 30.4 Å². The summed E-state index contributed by atoms with van der Waals surface area (Å²) in [6, 6.07) is 14.2. The molecule has 0 aliphatic carbocycles. The number of benzene rings is 2. The van der Waals surface area contributed by atoms with Crippen molar-refractivity contribution >= 4 is 5.97 Å². The van der Waals surface area contributed by atoms with Gasteiger partial charge in [-0.3, -0.25) is 0 Å². The van der Waals surface area contributed by atoms with Gasteiger partial charge in [0.1, 0.15) is 17.2 Å². The molecule has 2 aromatic carbocycles. The zero-order valence-corrected chi connectivity index (χ0v) is 18.3. The van der Waals surface area contributed by atoms with Crippen molar-refractivity contribution in [3.63, 3.8) is 0 Å². The number of ether oxygens (including phenoxy) is 3. The van der Waals surface area contributed by atoms with E-state index in [1.807, 2.05) is 18.2 Å². The number of carbonyl (C=O) groups excluding carboxylic acids is 1. The third kappa shape index (κ3) is 8.73. The maximum atomic E-state index is 12.3. The van der Waals surface area contributed by atoms with Crippen LogP contribution < -0.4 is 14.2 Å². The number of allylic oxidation sites excluding steroid dienone is 1. The molecule has 0 unspecified atom stereocenters. The Bertz CT molecular complexity index is 750. The molecule has 0 saturated heterocycles. The van der Waals surface area contributed by atoms with Gasteiger partial charge in [0.15, 0.2) is 0 Å². The van der Waals surface area contributed by atoms with Gasteiger partial charge in [-0.2, -0.15) is 0 Å². The summed E-state index contributed by atoms with van der Waals surface area (Å²) in [7, 11) is 0. The van der Waals surface area contributed by atoms with Crippen LogP contribution in [0.1, 0.15) is 62.7 Å². The lowest BCUT2D eigenvalue weighted by Crippen LogP contribution is -2.09. The topological polar surface area (TPSA) is 44.8 Å². The van der Waals surface area contributed by atoms with E-state index in [1.54, 1.807) is 36.4 Å². The molecule has 0 radical (unpaired) electrons. The quantitative estimate of drug-likeness (QED) is 0.148. The summed E-state index contributed by atoms with van der Waals surface area (Å²) >= 11 is 0. The average Bonchev–Trinajstić information content (AvgIpc) is 2.78. The van der Waals surface area contributed by atoms with E-state index in [2.05, 4.69) is 20.4 Å². The van der Waals surface area contributed by atoms with Crippen molar-refractivity contribution in [3.05, 3.63) is 66.7 Å². The minimum absolute atomic E-state index is 0.392. The number of hydrogen-bond acceptors (Lipinski definition) is 4. The Balaban J connectivity index is 1.74. The molecule has 162 valence electrons. The van der Waals surface area contributed by atoms with Crippen LogP contribution in [-0.4, -0.2) is 19.2 Å². The van der Waals surface area contributed by atoms with Crippen LogP contribution in [0, 0.1) is 5.92 Å². The Morgan fingerprint density at radius 2 is 1.50 bits per heavy atom. The molecule has 4 nitrogen and oxygen atoms in total. The first-order valence-corrected chi connectivity index (χ1v) is 10.9. The maximum Gasteiger partial charge on any atom is 0.343 e. The van der Waals surface area contributed by atoms with Crippen molar-refractivity contribution in [1.82, 2.24) is 0 Å². The van der Waals surface area contributed by atoms with Gasteiger partial charge in [0.05, 0.1) is 18.8 Å². The van der Waals surface area contributed by atoms with Crippen LogP contribution in [0.15, 0.2) is 61.2 Å².